The molecule has 27 heavy (non-hydrogen) atoms. The predicted molar refractivity (Wildman–Crippen MR) is 107 cm³/mol. The van der Waals surface area contributed by atoms with Crippen molar-refractivity contribution in [2.45, 2.75) is 18.9 Å². The van der Waals surface area contributed by atoms with Gasteiger partial charge in [0.05, 0.1) is 0 Å². The second kappa shape index (κ2) is 8.09. The maximum atomic E-state index is 4.69. The van der Waals surface area contributed by atoms with E-state index in [1.165, 1.54) is 0 Å². The Balaban J connectivity index is 1.54. The summed E-state index contributed by atoms with van der Waals surface area (Å²) in [6.45, 7) is 2.06. The van der Waals surface area contributed by atoms with Crippen LogP contribution in [0.4, 0.5) is 17.6 Å². The number of piperidine rings is 1. The van der Waals surface area contributed by atoms with E-state index >= 15 is 0 Å². The molecule has 1 saturated heterocycles. The molecule has 1 aliphatic rings. The number of nitrogens with one attached hydrogen (secondary N) is 2. The van der Waals surface area contributed by atoms with E-state index in [4.69, 9.17) is 4.98 Å². The molecule has 138 valence electrons. The molecule has 0 unspecified atom stereocenters. The number of rotatable bonds is 5. The normalized spacial score (nSPS) is 14.7. The van der Waals surface area contributed by atoms with Gasteiger partial charge in [-0.3, -0.25) is 0 Å². The first-order valence-corrected chi connectivity index (χ1v) is 9.22. The van der Waals surface area contributed by atoms with Gasteiger partial charge in [0.1, 0.15) is 11.6 Å². The van der Waals surface area contributed by atoms with Crippen molar-refractivity contribution in [2.75, 3.05) is 30.4 Å². The average molecular weight is 361 g/mol. The molecule has 3 aromatic rings. The number of hydrogen-bond donors (Lipinski definition) is 2. The highest BCUT2D eigenvalue weighted by Crippen LogP contribution is 2.23. The van der Waals surface area contributed by atoms with Gasteiger partial charge in [-0.25, -0.2) is 15.0 Å². The molecule has 0 saturated carbocycles. The highest BCUT2D eigenvalue weighted by Gasteiger charge is 2.15. The number of nitrogens with zero attached hydrogens (tertiary/aromatic N) is 5. The summed E-state index contributed by atoms with van der Waals surface area (Å²) in [6.07, 6.45) is 5.71. The summed E-state index contributed by atoms with van der Waals surface area (Å²) in [7, 11) is 1.95. The minimum absolute atomic E-state index is 0.413. The van der Waals surface area contributed by atoms with Crippen molar-refractivity contribution < 1.29 is 0 Å². The smallest absolute Gasteiger partial charge is 0.224 e. The van der Waals surface area contributed by atoms with Crippen molar-refractivity contribution in [1.29, 1.82) is 0 Å². The van der Waals surface area contributed by atoms with Crippen LogP contribution in [-0.2, 0) is 0 Å². The zero-order valence-corrected chi connectivity index (χ0v) is 15.3. The Morgan fingerprint density at radius 3 is 2.41 bits per heavy atom. The summed E-state index contributed by atoms with van der Waals surface area (Å²) in [5.74, 6) is 2.93. The van der Waals surface area contributed by atoms with Crippen molar-refractivity contribution >= 4 is 17.6 Å². The Hall–Kier alpha value is -3.06. The summed E-state index contributed by atoms with van der Waals surface area (Å²) < 4.78 is 0. The second-order valence-electron chi connectivity index (χ2n) is 6.57. The minimum atomic E-state index is 0.413. The Morgan fingerprint density at radius 1 is 0.926 bits per heavy atom. The van der Waals surface area contributed by atoms with Gasteiger partial charge < -0.3 is 15.5 Å². The lowest BCUT2D eigenvalue weighted by atomic mass is 10.1. The number of hydrogen-bond acceptors (Lipinski definition) is 7. The SMILES string of the molecule is CN(c1ccnc(NC2CCNCC2)n1)c1ccnc(-c2ccccc2)n1. The van der Waals surface area contributed by atoms with Crippen molar-refractivity contribution in [2.24, 2.45) is 0 Å². The van der Waals surface area contributed by atoms with Crippen LogP contribution in [0, 0.1) is 0 Å². The zero-order chi connectivity index (χ0) is 18.5. The van der Waals surface area contributed by atoms with E-state index in [0.717, 1.165) is 43.1 Å². The standard InChI is InChI=1S/C20H23N7/c1-27(17-9-13-22-19(25-17)15-5-3-2-4-6-15)18-10-14-23-20(26-18)24-16-7-11-21-12-8-16/h2-6,9-10,13-14,16,21H,7-8,11-12H2,1H3,(H,23,24,26). The molecular weight excluding hydrogens is 338 g/mol. The third-order valence-corrected chi connectivity index (χ3v) is 4.67. The molecule has 0 spiro atoms. The topological polar surface area (TPSA) is 78.9 Å². The molecule has 2 N–H and O–H groups in total. The highest BCUT2D eigenvalue weighted by molar-refractivity contribution is 5.61. The molecule has 4 rings (SSSR count). The number of anilines is 3. The molecular formula is C20H23N7. The van der Waals surface area contributed by atoms with Gasteiger partial charge in [0.2, 0.25) is 5.95 Å². The molecule has 0 bridgehead atoms. The summed E-state index contributed by atoms with van der Waals surface area (Å²) in [5.41, 5.74) is 0.990. The Bertz CT molecular complexity index is 878. The lowest BCUT2D eigenvalue weighted by Crippen LogP contribution is -2.35. The van der Waals surface area contributed by atoms with E-state index in [0.29, 0.717) is 17.8 Å². The fraction of sp³-hybridized carbons (Fsp3) is 0.300. The first kappa shape index (κ1) is 17.4. The molecule has 0 atom stereocenters. The lowest BCUT2D eigenvalue weighted by molar-refractivity contribution is 0.477. The first-order chi connectivity index (χ1) is 13.3. The maximum Gasteiger partial charge on any atom is 0.224 e. The van der Waals surface area contributed by atoms with Gasteiger partial charge in [-0.05, 0) is 38.1 Å². The van der Waals surface area contributed by atoms with Crippen molar-refractivity contribution in [3.8, 4) is 11.4 Å². The van der Waals surface area contributed by atoms with Gasteiger partial charge in [-0.2, -0.15) is 4.98 Å². The second-order valence-corrected chi connectivity index (χ2v) is 6.57. The van der Waals surface area contributed by atoms with Crippen molar-refractivity contribution in [3.63, 3.8) is 0 Å². The molecule has 3 heterocycles. The quantitative estimate of drug-likeness (QED) is 0.723. The van der Waals surface area contributed by atoms with E-state index in [-0.39, 0.29) is 0 Å². The molecule has 2 aromatic heterocycles. The highest BCUT2D eigenvalue weighted by atomic mass is 15.3. The van der Waals surface area contributed by atoms with Gasteiger partial charge in [-0.1, -0.05) is 30.3 Å². The third kappa shape index (κ3) is 4.20. The summed E-state index contributed by atoms with van der Waals surface area (Å²) in [5, 5.41) is 6.81. The zero-order valence-electron chi connectivity index (χ0n) is 15.3. The summed E-state index contributed by atoms with van der Waals surface area (Å²) in [4.78, 5) is 20.1. The molecule has 7 nitrogen and oxygen atoms in total. The summed E-state index contributed by atoms with van der Waals surface area (Å²) in [6, 6.07) is 14.1. The third-order valence-electron chi connectivity index (χ3n) is 4.67. The van der Waals surface area contributed by atoms with E-state index in [1.54, 1.807) is 12.4 Å². The van der Waals surface area contributed by atoms with Crippen molar-refractivity contribution in [1.82, 2.24) is 25.3 Å². The van der Waals surface area contributed by atoms with Crippen LogP contribution in [0.5, 0.6) is 0 Å². The molecule has 1 aromatic carbocycles. The molecule has 0 aliphatic carbocycles. The van der Waals surface area contributed by atoms with Gasteiger partial charge >= 0.3 is 0 Å². The van der Waals surface area contributed by atoms with E-state index < -0.39 is 0 Å². The van der Waals surface area contributed by atoms with E-state index in [9.17, 15) is 0 Å². The van der Waals surface area contributed by atoms with Gasteiger partial charge in [0, 0.05) is 31.0 Å². The van der Waals surface area contributed by atoms with Gasteiger partial charge in [-0.15, -0.1) is 0 Å². The van der Waals surface area contributed by atoms with Crippen LogP contribution in [0.15, 0.2) is 54.9 Å². The molecule has 7 heteroatoms. The van der Waals surface area contributed by atoms with Gasteiger partial charge in [0.15, 0.2) is 5.82 Å². The first-order valence-electron chi connectivity index (χ1n) is 9.22. The largest absolute Gasteiger partial charge is 0.351 e. The fourth-order valence-electron chi connectivity index (χ4n) is 3.13. The molecule has 1 aliphatic heterocycles. The fourth-order valence-corrected chi connectivity index (χ4v) is 3.13. The van der Waals surface area contributed by atoms with Crippen LogP contribution >= 0.6 is 0 Å². The van der Waals surface area contributed by atoms with E-state index in [2.05, 4.69) is 25.6 Å². The Kier molecular flexibility index (Phi) is 5.20. The van der Waals surface area contributed by atoms with Crippen LogP contribution < -0.4 is 15.5 Å². The number of aromatic nitrogens is 4. The molecule has 0 amide bonds. The monoisotopic (exact) mass is 361 g/mol. The van der Waals surface area contributed by atoms with Crippen LogP contribution in [-0.4, -0.2) is 46.1 Å². The summed E-state index contributed by atoms with van der Waals surface area (Å²) >= 11 is 0. The minimum Gasteiger partial charge on any atom is -0.351 e. The predicted octanol–water partition coefficient (Wildman–Crippen LogP) is 2.87. The molecule has 0 radical (unpaired) electrons. The van der Waals surface area contributed by atoms with E-state index in [1.807, 2.05) is 54.4 Å². The van der Waals surface area contributed by atoms with Crippen molar-refractivity contribution in [3.05, 3.63) is 54.9 Å². The lowest BCUT2D eigenvalue weighted by Gasteiger charge is -2.24. The van der Waals surface area contributed by atoms with Crippen LogP contribution in [0.2, 0.25) is 0 Å². The van der Waals surface area contributed by atoms with Crippen LogP contribution in [0.1, 0.15) is 12.8 Å². The van der Waals surface area contributed by atoms with Crippen LogP contribution in [0.3, 0.4) is 0 Å². The average Bonchev–Trinajstić information content (AvgIpc) is 2.75. The van der Waals surface area contributed by atoms with Crippen LogP contribution in [0.25, 0.3) is 11.4 Å². The number of benzene rings is 1. The Morgan fingerprint density at radius 2 is 1.63 bits per heavy atom. The van der Waals surface area contributed by atoms with Gasteiger partial charge in [0.25, 0.3) is 0 Å². The molecule has 1 fully saturated rings. The Labute approximate surface area is 158 Å². The maximum absolute atomic E-state index is 4.69.